The molecule has 4 nitrogen and oxygen atoms in total. The first-order chi connectivity index (χ1) is 17.6. The SMILES string of the molecule is CCCCCCCCOc1ccc(-c2ncc(OC(=O)[C@H]3CC[C@H](CCCCC)CC3)cc2F)cc1. The highest BCUT2D eigenvalue weighted by molar-refractivity contribution is 5.75. The molecule has 0 bridgehead atoms. The van der Waals surface area contributed by atoms with E-state index >= 15 is 0 Å². The summed E-state index contributed by atoms with van der Waals surface area (Å²) in [4.78, 5) is 16.9. The summed E-state index contributed by atoms with van der Waals surface area (Å²) in [6, 6.07) is 8.58. The molecule has 36 heavy (non-hydrogen) atoms. The average Bonchev–Trinajstić information content (AvgIpc) is 2.89. The number of ether oxygens (including phenoxy) is 2. The monoisotopic (exact) mass is 497 g/mol. The second kappa shape index (κ2) is 15.6. The molecule has 1 aromatic carbocycles. The van der Waals surface area contributed by atoms with Gasteiger partial charge in [-0.15, -0.1) is 0 Å². The Labute approximate surface area is 217 Å². The number of halogens is 1. The van der Waals surface area contributed by atoms with Gasteiger partial charge in [0.25, 0.3) is 0 Å². The minimum atomic E-state index is -0.499. The molecule has 198 valence electrons. The van der Waals surface area contributed by atoms with Crippen molar-refractivity contribution in [2.24, 2.45) is 11.8 Å². The molecule has 0 radical (unpaired) electrons. The maximum Gasteiger partial charge on any atom is 0.314 e. The molecule has 0 amide bonds. The van der Waals surface area contributed by atoms with Crippen LogP contribution in [-0.4, -0.2) is 17.6 Å². The number of hydrogen-bond donors (Lipinski definition) is 0. The van der Waals surface area contributed by atoms with Gasteiger partial charge in [0, 0.05) is 11.6 Å². The highest BCUT2D eigenvalue weighted by atomic mass is 19.1. The Morgan fingerprint density at radius 3 is 2.25 bits per heavy atom. The molecule has 1 heterocycles. The Kier molecular flexibility index (Phi) is 12.2. The van der Waals surface area contributed by atoms with Crippen molar-refractivity contribution in [2.45, 2.75) is 104 Å². The molecule has 1 fully saturated rings. The summed E-state index contributed by atoms with van der Waals surface area (Å²) in [7, 11) is 0. The zero-order valence-corrected chi connectivity index (χ0v) is 22.3. The second-order valence-corrected chi connectivity index (χ2v) is 10.3. The van der Waals surface area contributed by atoms with Gasteiger partial charge >= 0.3 is 5.97 Å². The van der Waals surface area contributed by atoms with Gasteiger partial charge in [0.2, 0.25) is 0 Å². The largest absolute Gasteiger partial charge is 0.494 e. The maximum absolute atomic E-state index is 14.8. The van der Waals surface area contributed by atoms with Crippen molar-refractivity contribution in [1.29, 1.82) is 0 Å². The summed E-state index contributed by atoms with van der Waals surface area (Å²) in [5.74, 6) is 0.817. The molecule has 0 aliphatic heterocycles. The molecule has 3 rings (SSSR count). The van der Waals surface area contributed by atoms with E-state index in [-0.39, 0.29) is 23.3 Å². The molecular weight excluding hydrogens is 453 g/mol. The number of unbranched alkanes of at least 4 members (excludes halogenated alkanes) is 7. The van der Waals surface area contributed by atoms with Crippen LogP contribution in [0.15, 0.2) is 36.5 Å². The third kappa shape index (κ3) is 9.22. The number of nitrogens with zero attached hydrogens (tertiary/aromatic N) is 1. The van der Waals surface area contributed by atoms with E-state index in [1.807, 2.05) is 24.3 Å². The molecular formula is C31H44FNO3. The number of rotatable bonds is 15. The van der Waals surface area contributed by atoms with Crippen LogP contribution in [0.2, 0.25) is 0 Å². The van der Waals surface area contributed by atoms with Crippen LogP contribution in [0.1, 0.15) is 104 Å². The molecule has 0 saturated heterocycles. The zero-order chi connectivity index (χ0) is 25.6. The van der Waals surface area contributed by atoms with Crippen molar-refractivity contribution < 1.29 is 18.7 Å². The molecule has 1 aliphatic rings. The van der Waals surface area contributed by atoms with Crippen molar-refractivity contribution in [1.82, 2.24) is 4.98 Å². The summed E-state index contributed by atoms with van der Waals surface area (Å²) < 4.78 is 26.1. The van der Waals surface area contributed by atoms with E-state index < -0.39 is 5.82 Å². The second-order valence-electron chi connectivity index (χ2n) is 10.3. The van der Waals surface area contributed by atoms with E-state index in [1.165, 1.54) is 70.1 Å². The Hall–Kier alpha value is -2.43. The lowest BCUT2D eigenvalue weighted by Gasteiger charge is -2.27. The molecule has 1 aliphatic carbocycles. The quantitative estimate of drug-likeness (QED) is 0.182. The van der Waals surface area contributed by atoms with Crippen LogP contribution >= 0.6 is 0 Å². The van der Waals surface area contributed by atoms with E-state index in [0.29, 0.717) is 12.2 Å². The third-order valence-corrected chi connectivity index (χ3v) is 7.32. The fourth-order valence-corrected chi connectivity index (χ4v) is 5.04. The van der Waals surface area contributed by atoms with Crippen molar-refractivity contribution >= 4 is 5.97 Å². The lowest BCUT2D eigenvalue weighted by Crippen LogP contribution is -2.25. The van der Waals surface area contributed by atoms with Crippen LogP contribution in [0.5, 0.6) is 11.5 Å². The highest BCUT2D eigenvalue weighted by Crippen LogP contribution is 2.33. The van der Waals surface area contributed by atoms with Gasteiger partial charge in [0.1, 0.15) is 11.4 Å². The van der Waals surface area contributed by atoms with Gasteiger partial charge in [0.05, 0.1) is 18.7 Å². The van der Waals surface area contributed by atoms with Gasteiger partial charge in [-0.1, -0.05) is 71.6 Å². The van der Waals surface area contributed by atoms with E-state index in [2.05, 4.69) is 18.8 Å². The van der Waals surface area contributed by atoms with Crippen molar-refractivity contribution in [3.8, 4) is 22.8 Å². The molecule has 0 unspecified atom stereocenters. The Morgan fingerprint density at radius 2 is 1.56 bits per heavy atom. The smallest absolute Gasteiger partial charge is 0.314 e. The van der Waals surface area contributed by atoms with Gasteiger partial charge in [0.15, 0.2) is 11.6 Å². The van der Waals surface area contributed by atoms with Crippen molar-refractivity contribution in [2.75, 3.05) is 6.61 Å². The van der Waals surface area contributed by atoms with Gasteiger partial charge in [-0.05, 0) is 62.3 Å². The third-order valence-electron chi connectivity index (χ3n) is 7.32. The molecule has 0 spiro atoms. The number of esters is 1. The molecule has 1 saturated carbocycles. The van der Waals surface area contributed by atoms with Crippen LogP contribution < -0.4 is 9.47 Å². The van der Waals surface area contributed by atoms with Crippen molar-refractivity contribution in [3.05, 3.63) is 42.3 Å². The van der Waals surface area contributed by atoms with E-state index in [9.17, 15) is 9.18 Å². The predicted octanol–water partition coefficient (Wildman–Crippen LogP) is 8.92. The number of benzene rings is 1. The Morgan fingerprint density at radius 1 is 0.889 bits per heavy atom. The zero-order valence-electron chi connectivity index (χ0n) is 22.3. The molecule has 2 aromatic rings. The summed E-state index contributed by atoms with van der Waals surface area (Å²) in [5.41, 5.74) is 0.906. The number of carbonyl (C=O) groups excluding carboxylic acids is 1. The number of hydrogen-bond acceptors (Lipinski definition) is 4. The average molecular weight is 498 g/mol. The minimum Gasteiger partial charge on any atom is -0.494 e. The van der Waals surface area contributed by atoms with Crippen LogP contribution in [-0.2, 0) is 4.79 Å². The predicted molar refractivity (Wildman–Crippen MR) is 144 cm³/mol. The van der Waals surface area contributed by atoms with Gasteiger partial charge in [-0.3, -0.25) is 4.79 Å². The normalized spacial score (nSPS) is 17.6. The number of carbonyl (C=O) groups is 1. The summed E-state index contributed by atoms with van der Waals surface area (Å²) in [5, 5.41) is 0. The van der Waals surface area contributed by atoms with Crippen LogP contribution in [0.3, 0.4) is 0 Å². The standard InChI is InChI=1S/C31H44FNO3/c1-3-5-7-8-9-11-21-35-27-19-17-25(18-20-27)30-29(32)22-28(23-33-30)36-31(34)26-15-13-24(14-16-26)12-10-6-4-2/h17-20,22-24,26H,3-16,21H2,1-2H3/t24-,26-. The van der Waals surface area contributed by atoms with E-state index in [4.69, 9.17) is 9.47 Å². The molecule has 5 heteroatoms. The van der Waals surface area contributed by atoms with Gasteiger partial charge in [-0.2, -0.15) is 0 Å². The Balaban J connectivity index is 1.44. The first-order valence-electron chi connectivity index (χ1n) is 14.2. The fraction of sp³-hybridized carbons (Fsp3) is 0.613. The van der Waals surface area contributed by atoms with Crippen LogP contribution in [0.25, 0.3) is 11.3 Å². The molecule has 0 N–H and O–H groups in total. The number of pyridine rings is 1. The number of aromatic nitrogens is 1. The van der Waals surface area contributed by atoms with Crippen LogP contribution in [0.4, 0.5) is 4.39 Å². The van der Waals surface area contributed by atoms with E-state index in [0.717, 1.165) is 43.8 Å². The summed E-state index contributed by atoms with van der Waals surface area (Å²) in [6.07, 6.45) is 17.7. The highest BCUT2D eigenvalue weighted by Gasteiger charge is 2.27. The summed E-state index contributed by atoms with van der Waals surface area (Å²) >= 11 is 0. The van der Waals surface area contributed by atoms with Gasteiger partial charge < -0.3 is 9.47 Å². The minimum absolute atomic E-state index is 0.0981. The van der Waals surface area contributed by atoms with Gasteiger partial charge in [-0.25, -0.2) is 9.37 Å². The fourth-order valence-electron chi connectivity index (χ4n) is 5.04. The Bertz CT molecular complexity index is 907. The topological polar surface area (TPSA) is 48.4 Å². The molecule has 1 aromatic heterocycles. The molecule has 0 atom stereocenters. The maximum atomic E-state index is 14.8. The van der Waals surface area contributed by atoms with E-state index in [1.54, 1.807) is 0 Å². The first kappa shape index (κ1) is 28.1. The lowest BCUT2D eigenvalue weighted by molar-refractivity contribution is -0.140. The first-order valence-corrected chi connectivity index (χ1v) is 14.2. The van der Waals surface area contributed by atoms with Crippen molar-refractivity contribution in [3.63, 3.8) is 0 Å². The lowest BCUT2D eigenvalue weighted by atomic mass is 9.80. The summed E-state index contributed by atoms with van der Waals surface area (Å²) in [6.45, 7) is 5.14. The van der Waals surface area contributed by atoms with Crippen LogP contribution in [0, 0.1) is 17.7 Å².